The van der Waals surface area contributed by atoms with E-state index < -0.39 is 0 Å². The molecule has 2 nitrogen and oxygen atoms in total. The Bertz CT molecular complexity index is 329. The van der Waals surface area contributed by atoms with E-state index in [1.165, 1.54) is 6.08 Å². The number of hydrogen-bond acceptors (Lipinski definition) is 2. The van der Waals surface area contributed by atoms with Crippen molar-refractivity contribution in [3.05, 3.63) is 33.8 Å². The number of benzene rings is 1. The molecule has 0 aliphatic carbocycles. The van der Waals surface area contributed by atoms with Crippen LogP contribution in [0.25, 0.3) is 0 Å². The number of hydrogen-bond donors (Lipinski definition) is 0. The summed E-state index contributed by atoms with van der Waals surface area (Å²) in [6.07, 6.45) is 1.52. The van der Waals surface area contributed by atoms with Crippen LogP contribution in [0.3, 0.4) is 0 Å². The predicted octanol–water partition coefficient (Wildman–Crippen LogP) is 2.59. The lowest BCUT2D eigenvalue weighted by molar-refractivity contribution is 0.562. The van der Waals surface area contributed by atoms with Crippen molar-refractivity contribution in [1.82, 2.24) is 0 Å². The number of isocyanates is 1. The maximum Gasteiger partial charge on any atom is 0.235 e. The maximum absolute atomic E-state index is 9.87. The van der Waals surface area contributed by atoms with Crippen LogP contribution in [0.15, 0.2) is 27.7 Å². The van der Waals surface area contributed by atoms with E-state index >= 15 is 0 Å². The van der Waals surface area contributed by atoms with Crippen LogP contribution in [0.5, 0.6) is 0 Å². The highest BCUT2D eigenvalue weighted by Crippen LogP contribution is 2.16. The van der Waals surface area contributed by atoms with E-state index in [9.17, 15) is 4.79 Å². The van der Waals surface area contributed by atoms with Crippen LogP contribution in [0.2, 0.25) is 0 Å². The molecule has 1 rings (SSSR count). The smallest absolute Gasteiger partial charge is 0.211 e. The van der Waals surface area contributed by atoms with Crippen molar-refractivity contribution < 1.29 is 4.79 Å². The molecule has 1 aromatic rings. The zero-order valence-electron chi connectivity index (χ0n) is 6.67. The molecule has 0 aliphatic rings. The first-order chi connectivity index (χ1) is 5.74. The van der Waals surface area contributed by atoms with Crippen molar-refractivity contribution in [1.29, 1.82) is 0 Å². The molecule has 12 heavy (non-hydrogen) atoms. The van der Waals surface area contributed by atoms with Gasteiger partial charge in [-0.3, -0.25) is 0 Å². The van der Waals surface area contributed by atoms with Gasteiger partial charge in [0.1, 0.15) is 0 Å². The van der Waals surface area contributed by atoms with Gasteiger partial charge in [0.05, 0.1) is 6.54 Å². The topological polar surface area (TPSA) is 29.4 Å². The highest BCUT2D eigenvalue weighted by molar-refractivity contribution is 9.10. The van der Waals surface area contributed by atoms with Crippen LogP contribution < -0.4 is 0 Å². The molecule has 0 saturated carbocycles. The highest BCUT2D eigenvalue weighted by Gasteiger charge is 1.97. The third-order valence-electron chi connectivity index (χ3n) is 1.63. The lowest BCUT2D eigenvalue weighted by Crippen LogP contribution is -1.86. The summed E-state index contributed by atoms with van der Waals surface area (Å²) in [6.45, 7) is 2.40. The first-order valence-corrected chi connectivity index (χ1v) is 4.32. The van der Waals surface area contributed by atoms with E-state index in [-0.39, 0.29) is 0 Å². The Morgan fingerprint density at radius 3 is 3.00 bits per heavy atom. The lowest BCUT2D eigenvalue weighted by atomic mass is 10.1. The Balaban J connectivity index is 2.96. The summed E-state index contributed by atoms with van der Waals surface area (Å²) in [5, 5.41) is 0. The fraction of sp³-hybridized carbons (Fsp3) is 0.222. The minimum Gasteiger partial charge on any atom is -0.211 e. The van der Waals surface area contributed by atoms with Crippen LogP contribution in [0.4, 0.5) is 0 Å². The summed E-state index contributed by atoms with van der Waals surface area (Å²) in [5.41, 5.74) is 2.19. The second-order valence-electron chi connectivity index (χ2n) is 2.48. The summed E-state index contributed by atoms with van der Waals surface area (Å²) >= 11 is 3.35. The van der Waals surface area contributed by atoms with E-state index in [0.29, 0.717) is 6.54 Å². The molecule has 3 heteroatoms. The number of nitrogens with zero attached hydrogens (tertiary/aromatic N) is 1. The molecule has 62 valence electrons. The van der Waals surface area contributed by atoms with E-state index in [1.54, 1.807) is 0 Å². The van der Waals surface area contributed by atoms with E-state index in [0.717, 1.165) is 15.6 Å². The van der Waals surface area contributed by atoms with E-state index in [2.05, 4.69) is 20.9 Å². The number of carbonyl (C=O) groups excluding carboxylic acids is 1. The lowest BCUT2D eigenvalue weighted by Gasteiger charge is -2.01. The van der Waals surface area contributed by atoms with Crippen molar-refractivity contribution in [2.45, 2.75) is 13.5 Å². The molecule has 0 fully saturated rings. The van der Waals surface area contributed by atoms with Crippen molar-refractivity contribution in [2.75, 3.05) is 0 Å². The quantitative estimate of drug-likeness (QED) is 0.562. The Morgan fingerprint density at radius 1 is 1.58 bits per heavy atom. The van der Waals surface area contributed by atoms with Gasteiger partial charge < -0.3 is 0 Å². The Labute approximate surface area is 79.5 Å². The molecule has 0 aliphatic heterocycles. The maximum atomic E-state index is 9.87. The van der Waals surface area contributed by atoms with E-state index in [1.807, 2.05) is 25.1 Å². The Kier molecular flexibility index (Phi) is 3.20. The molecule has 0 aromatic heterocycles. The fourth-order valence-electron chi connectivity index (χ4n) is 0.928. The van der Waals surface area contributed by atoms with Crippen molar-refractivity contribution >= 4 is 22.0 Å². The number of rotatable bonds is 2. The number of halogens is 1. The van der Waals surface area contributed by atoms with Crippen LogP contribution in [0, 0.1) is 6.92 Å². The largest absolute Gasteiger partial charge is 0.235 e. The molecule has 0 N–H and O–H groups in total. The highest BCUT2D eigenvalue weighted by atomic mass is 79.9. The SMILES string of the molecule is Cc1ccc(Br)cc1CN=C=O. The second-order valence-corrected chi connectivity index (χ2v) is 3.39. The zero-order chi connectivity index (χ0) is 8.97. The second kappa shape index (κ2) is 4.19. The summed E-state index contributed by atoms with van der Waals surface area (Å²) in [5.74, 6) is 0. The average Bonchev–Trinajstić information content (AvgIpc) is 2.07. The molecule has 1 aromatic carbocycles. The molecule has 0 saturated heterocycles. The number of aliphatic imine (C=N–C) groups is 1. The Hall–Kier alpha value is -0.920. The third-order valence-corrected chi connectivity index (χ3v) is 2.12. The van der Waals surface area contributed by atoms with Gasteiger partial charge in [-0.1, -0.05) is 22.0 Å². The molecule has 0 heterocycles. The third kappa shape index (κ3) is 2.29. The van der Waals surface area contributed by atoms with Gasteiger partial charge in [0.25, 0.3) is 0 Å². The molecule has 0 bridgehead atoms. The van der Waals surface area contributed by atoms with Gasteiger partial charge in [-0.25, -0.2) is 9.79 Å². The molecule has 0 spiro atoms. The van der Waals surface area contributed by atoms with Crippen molar-refractivity contribution in [2.24, 2.45) is 4.99 Å². The number of aryl methyl sites for hydroxylation is 1. The zero-order valence-corrected chi connectivity index (χ0v) is 8.26. The predicted molar refractivity (Wildman–Crippen MR) is 50.7 cm³/mol. The van der Waals surface area contributed by atoms with Gasteiger partial charge in [-0.2, -0.15) is 0 Å². The molecule has 0 atom stereocenters. The molecule has 0 radical (unpaired) electrons. The molecule has 0 unspecified atom stereocenters. The van der Waals surface area contributed by atoms with Crippen LogP contribution in [-0.4, -0.2) is 6.08 Å². The van der Waals surface area contributed by atoms with Gasteiger partial charge in [-0.15, -0.1) is 0 Å². The summed E-state index contributed by atoms with van der Waals surface area (Å²) < 4.78 is 1.00. The van der Waals surface area contributed by atoms with Crippen molar-refractivity contribution in [3.63, 3.8) is 0 Å². The summed E-state index contributed by atoms with van der Waals surface area (Å²) in [6, 6.07) is 5.90. The van der Waals surface area contributed by atoms with Gasteiger partial charge in [0.15, 0.2) is 0 Å². The van der Waals surface area contributed by atoms with Crippen LogP contribution in [0.1, 0.15) is 11.1 Å². The summed E-state index contributed by atoms with van der Waals surface area (Å²) in [7, 11) is 0. The van der Waals surface area contributed by atoms with Crippen LogP contribution >= 0.6 is 15.9 Å². The fourth-order valence-corrected chi connectivity index (χ4v) is 1.34. The summed E-state index contributed by atoms with van der Waals surface area (Å²) in [4.78, 5) is 13.4. The normalized spacial score (nSPS) is 9.17. The van der Waals surface area contributed by atoms with E-state index in [4.69, 9.17) is 0 Å². The molecular formula is C9H8BrNO. The van der Waals surface area contributed by atoms with Gasteiger partial charge in [-0.05, 0) is 30.2 Å². The van der Waals surface area contributed by atoms with Gasteiger partial charge in [0, 0.05) is 4.47 Å². The molecular weight excluding hydrogens is 218 g/mol. The first kappa shape index (κ1) is 9.17. The molecule has 0 amide bonds. The first-order valence-electron chi connectivity index (χ1n) is 3.52. The monoisotopic (exact) mass is 225 g/mol. The average molecular weight is 226 g/mol. The van der Waals surface area contributed by atoms with Crippen molar-refractivity contribution in [3.8, 4) is 0 Å². The minimum absolute atomic E-state index is 0.411. The standard InChI is InChI=1S/C9H8BrNO/c1-7-2-3-9(10)4-8(7)5-11-6-12/h2-4H,5H2,1H3. The van der Waals surface area contributed by atoms with Gasteiger partial charge in [0.2, 0.25) is 6.08 Å². The van der Waals surface area contributed by atoms with Crippen LogP contribution in [-0.2, 0) is 11.3 Å². The van der Waals surface area contributed by atoms with Gasteiger partial charge >= 0.3 is 0 Å². The Morgan fingerprint density at radius 2 is 2.33 bits per heavy atom. The minimum atomic E-state index is 0.411.